The molecule has 1 aliphatic heterocycles. The number of carbonyl (C=O) groups is 1. The Morgan fingerprint density at radius 3 is 2.37 bits per heavy atom. The average Bonchev–Trinajstić information content (AvgIpc) is 2.87. The van der Waals surface area contributed by atoms with Crippen LogP contribution < -0.4 is 4.74 Å². The van der Waals surface area contributed by atoms with E-state index < -0.39 is 0 Å². The minimum atomic E-state index is -0.233. The van der Waals surface area contributed by atoms with Crippen molar-refractivity contribution in [2.45, 2.75) is 111 Å². The van der Waals surface area contributed by atoms with Crippen LogP contribution in [0.3, 0.4) is 0 Å². The molecule has 38 heavy (non-hydrogen) atoms. The number of carbonyl (C=O) groups excluding carboxylic acids is 1. The summed E-state index contributed by atoms with van der Waals surface area (Å²) in [6.07, 6.45) is 18.1. The molecule has 1 aliphatic rings. The van der Waals surface area contributed by atoms with Gasteiger partial charge in [-0.1, -0.05) is 78.7 Å². The molecule has 3 unspecified atom stereocenters. The van der Waals surface area contributed by atoms with Crippen molar-refractivity contribution in [1.82, 2.24) is 4.98 Å². The number of pyridine rings is 1. The van der Waals surface area contributed by atoms with Gasteiger partial charge in [0.1, 0.15) is 17.1 Å². The molecular formula is C34H49NO3. The molecule has 0 radical (unpaired) electrons. The van der Waals surface area contributed by atoms with Crippen molar-refractivity contribution >= 4 is 11.9 Å². The lowest BCUT2D eigenvalue weighted by atomic mass is 9.85. The highest BCUT2D eigenvalue weighted by Gasteiger charge is 2.32. The van der Waals surface area contributed by atoms with Crippen molar-refractivity contribution < 1.29 is 14.6 Å². The van der Waals surface area contributed by atoms with Gasteiger partial charge in [-0.25, -0.2) is 0 Å². The molecule has 0 amide bonds. The number of benzene rings is 1. The molecule has 4 heteroatoms. The Morgan fingerprint density at radius 1 is 1.03 bits per heavy atom. The molecule has 208 valence electrons. The summed E-state index contributed by atoms with van der Waals surface area (Å²) in [4.78, 5) is 16.9. The van der Waals surface area contributed by atoms with Gasteiger partial charge in [0, 0.05) is 12.3 Å². The molecule has 2 heterocycles. The van der Waals surface area contributed by atoms with Crippen LogP contribution in [0.15, 0.2) is 42.6 Å². The molecule has 0 saturated carbocycles. The predicted molar refractivity (Wildman–Crippen MR) is 158 cm³/mol. The lowest BCUT2D eigenvalue weighted by molar-refractivity contribution is 0.0521. The van der Waals surface area contributed by atoms with Crippen LogP contribution in [-0.4, -0.2) is 21.5 Å². The van der Waals surface area contributed by atoms with Crippen molar-refractivity contribution in [3.63, 3.8) is 0 Å². The molecule has 1 aromatic carbocycles. The zero-order chi connectivity index (χ0) is 27.5. The molecule has 3 rings (SSSR count). The number of hydrogen-bond acceptors (Lipinski definition) is 4. The van der Waals surface area contributed by atoms with Gasteiger partial charge in [0.15, 0.2) is 5.78 Å². The highest BCUT2D eigenvalue weighted by atomic mass is 16.5. The summed E-state index contributed by atoms with van der Waals surface area (Å²) in [5.74, 6) is 2.86. The predicted octanol–water partition coefficient (Wildman–Crippen LogP) is 9.21. The Kier molecular flexibility index (Phi) is 11.4. The number of aromatic nitrogens is 1. The number of hydrogen-bond donors (Lipinski definition) is 1. The molecule has 1 aromatic heterocycles. The molecule has 0 aliphatic carbocycles. The van der Waals surface area contributed by atoms with Gasteiger partial charge in [0.25, 0.3) is 0 Å². The lowest BCUT2D eigenvalue weighted by Crippen LogP contribution is -2.36. The van der Waals surface area contributed by atoms with E-state index in [2.05, 4.69) is 39.6 Å². The van der Waals surface area contributed by atoms with Gasteiger partial charge in [-0.05, 0) is 86.3 Å². The first kappa shape index (κ1) is 29.9. The minimum Gasteiger partial charge on any atom is -0.507 e. The van der Waals surface area contributed by atoms with Crippen LogP contribution in [0.5, 0.6) is 11.5 Å². The molecule has 2 aromatic rings. The Labute approximate surface area is 230 Å². The first-order valence-electron chi connectivity index (χ1n) is 14.8. The van der Waals surface area contributed by atoms with E-state index >= 15 is 0 Å². The summed E-state index contributed by atoms with van der Waals surface area (Å²) in [6, 6.07) is 8.96. The fourth-order valence-electron chi connectivity index (χ4n) is 5.52. The third-order valence-electron chi connectivity index (χ3n) is 8.09. The van der Waals surface area contributed by atoms with E-state index in [9.17, 15) is 9.90 Å². The standard InChI is InChI=1S/C34H49NO3/c1-25(2)11-8-12-26(3)13-9-14-27(4)15-10-20-34(5)21-19-28-23-30(32(37)24-33(28)38-34)31(36)18-17-29-16-6-7-22-35-29/h6-7,16-18,22-27,37H,8-15,19-21H2,1-5H3/b18-17+. The molecule has 3 atom stereocenters. The summed E-state index contributed by atoms with van der Waals surface area (Å²) in [6.45, 7) is 11.6. The second-order valence-corrected chi connectivity index (χ2v) is 12.3. The number of ketones is 1. The molecule has 1 N–H and O–H groups in total. The monoisotopic (exact) mass is 519 g/mol. The highest BCUT2D eigenvalue weighted by molar-refractivity contribution is 6.08. The minimum absolute atomic E-state index is 0.0317. The van der Waals surface area contributed by atoms with Crippen molar-refractivity contribution in [1.29, 1.82) is 0 Å². The largest absolute Gasteiger partial charge is 0.507 e. The second kappa shape index (κ2) is 14.5. The first-order chi connectivity index (χ1) is 18.1. The van der Waals surface area contributed by atoms with Gasteiger partial charge in [0.2, 0.25) is 0 Å². The molecule has 4 nitrogen and oxygen atoms in total. The smallest absolute Gasteiger partial charge is 0.189 e. The van der Waals surface area contributed by atoms with E-state index in [1.54, 1.807) is 24.4 Å². The summed E-state index contributed by atoms with van der Waals surface area (Å²) < 4.78 is 6.41. The molecule has 0 bridgehead atoms. The van der Waals surface area contributed by atoms with Crippen LogP contribution >= 0.6 is 0 Å². The van der Waals surface area contributed by atoms with E-state index in [1.807, 2.05) is 18.2 Å². The number of phenols is 1. The van der Waals surface area contributed by atoms with Gasteiger partial charge in [-0.15, -0.1) is 0 Å². The van der Waals surface area contributed by atoms with Gasteiger partial charge >= 0.3 is 0 Å². The van der Waals surface area contributed by atoms with Crippen LogP contribution in [0.1, 0.15) is 120 Å². The van der Waals surface area contributed by atoms with E-state index in [-0.39, 0.29) is 17.1 Å². The average molecular weight is 520 g/mol. The quantitative estimate of drug-likeness (QED) is 0.188. The number of aryl methyl sites for hydroxylation is 1. The SMILES string of the molecule is CC(C)CCCC(C)CCCC(C)CCCC1(C)CCc2cc(C(=O)/C=C/c3ccccn3)c(O)cc2O1. The number of phenolic OH excluding ortho intramolecular Hbond substituents is 1. The van der Waals surface area contributed by atoms with Crippen molar-refractivity contribution in [3.8, 4) is 11.5 Å². The topological polar surface area (TPSA) is 59.4 Å². The maximum atomic E-state index is 12.7. The summed E-state index contributed by atoms with van der Waals surface area (Å²) in [5, 5.41) is 10.6. The third-order valence-corrected chi connectivity index (χ3v) is 8.09. The molecular weight excluding hydrogens is 470 g/mol. The molecule has 0 spiro atoms. The fourth-order valence-corrected chi connectivity index (χ4v) is 5.52. The van der Waals surface area contributed by atoms with Crippen LogP contribution in [-0.2, 0) is 6.42 Å². The van der Waals surface area contributed by atoms with Gasteiger partial charge < -0.3 is 9.84 Å². The van der Waals surface area contributed by atoms with Gasteiger partial charge in [0.05, 0.1) is 11.3 Å². The van der Waals surface area contributed by atoms with E-state index in [1.165, 1.54) is 51.0 Å². The molecule has 0 saturated heterocycles. The maximum Gasteiger partial charge on any atom is 0.189 e. The number of nitrogens with zero attached hydrogens (tertiary/aromatic N) is 1. The number of ether oxygens (including phenoxy) is 1. The summed E-state index contributed by atoms with van der Waals surface area (Å²) >= 11 is 0. The Morgan fingerprint density at radius 2 is 1.71 bits per heavy atom. The van der Waals surface area contributed by atoms with Gasteiger partial charge in [-0.3, -0.25) is 9.78 Å². The number of rotatable bonds is 15. The van der Waals surface area contributed by atoms with Crippen LogP contribution in [0.25, 0.3) is 6.08 Å². The lowest BCUT2D eigenvalue weighted by Gasteiger charge is -2.36. The van der Waals surface area contributed by atoms with Crippen LogP contribution in [0.4, 0.5) is 0 Å². The zero-order valence-electron chi connectivity index (χ0n) is 24.3. The third kappa shape index (κ3) is 9.60. The van der Waals surface area contributed by atoms with Crippen LogP contribution in [0, 0.1) is 17.8 Å². The van der Waals surface area contributed by atoms with E-state index in [0.717, 1.165) is 49.0 Å². The molecule has 0 fully saturated rings. The summed E-state index contributed by atoms with van der Waals surface area (Å²) in [5.41, 5.74) is 1.78. The van der Waals surface area contributed by atoms with Crippen molar-refractivity contribution in [2.75, 3.05) is 0 Å². The normalized spacial score (nSPS) is 18.8. The second-order valence-electron chi connectivity index (χ2n) is 12.3. The van der Waals surface area contributed by atoms with Gasteiger partial charge in [-0.2, -0.15) is 0 Å². The Bertz CT molecular complexity index is 1050. The van der Waals surface area contributed by atoms with Crippen LogP contribution in [0.2, 0.25) is 0 Å². The number of fused-ring (bicyclic) bond motifs is 1. The summed E-state index contributed by atoms with van der Waals surface area (Å²) in [7, 11) is 0. The van der Waals surface area contributed by atoms with E-state index in [0.29, 0.717) is 17.0 Å². The van der Waals surface area contributed by atoms with Crippen molar-refractivity contribution in [2.24, 2.45) is 17.8 Å². The number of aromatic hydroxyl groups is 1. The maximum absolute atomic E-state index is 12.7. The Balaban J connectivity index is 1.44. The fraction of sp³-hybridized carbons (Fsp3) is 0.588. The highest BCUT2D eigenvalue weighted by Crippen LogP contribution is 2.40. The number of allylic oxidation sites excluding steroid dienone is 1. The zero-order valence-corrected chi connectivity index (χ0v) is 24.3. The van der Waals surface area contributed by atoms with E-state index in [4.69, 9.17) is 4.74 Å². The Hall–Kier alpha value is -2.62. The first-order valence-corrected chi connectivity index (χ1v) is 14.8. The van der Waals surface area contributed by atoms with Crippen molar-refractivity contribution in [3.05, 3.63) is 59.4 Å².